The molecular formula is C26H20BrN3O2. The molecule has 158 valence electrons. The summed E-state index contributed by atoms with van der Waals surface area (Å²) >= 11 is 3.52. The second-order valence-electron chi connectivity index (χ2n) is 7.68. The number of aryl methyl sites for hydroxylation is 1. The van der Waals surface area contributed by atoms with E-state index in [0.29, 0.717) is 28.8 Å². The molecule has 0 atom stereocenters. The molecule has 4 aromatic rings. The van der Waals surface area contributed by atoms with Crippen molar-refractivity contribution in [2.75, 3.05) is 11.4 Å². The lowest BCUT2D eigenvalue weighted by Crippen LogP contribution is -2.26. The zero-order valence-corrected chi connectivity index (χ0v) is 19.3. The lowest BCUT2D eigenvalue weighted by atomic mass is 10.1. The maximum atomic E-state index is 13.6. The molecule has 0 fully saturated rings. The summed E-state index contributed by atoms with van der Waals surface area (Å²) < 4.78 is 2.49. The molecule has 1 aliphatic heterocycles. The first-order valence-electron chi connectivity index (χ1n) is 10.4. The quantitative estimate of drug-likeness (QED) is 0.366. The topological polar surface area (TPSA) is 55.2 Å². The van der Waals surface area contributed by atoms with Gasteiger partial charge in [0.05, 0.1) is 27.9 Å². The van der Waals surface area contributed by atoms with E-state index in [1.165, 1.54) is 0 Å². The molecule has 0 saturated carbocycles. The summed E-state index contributed by atoms with van der Waals surface area (Å²) in [5, 5.41) is 0.536. The Morgan fingerprint density at radius 2 is 1.72 bits per heavy atom. The highest BCUT2D eigenvalue weighted by atomic mass is 79.9. The first kappa shape index (κ1) is 20.4. The summed E-state index contributed by atoms with van der Waals surface area (Å²) in [6.07, 6.45) is 1.74. The molecule has 1 amide bonds. The smallest absolute Gasteiger partial charge is 0.266 e. The fourth-order valence-corrected chi connectivity index (χ4v) is 4.57. The molecular weight excluding hydrogens is 466 g/mol. The second-order valence-corrected chi connectivity index (χ2v) is 8.60. The standard InChI is InChI=1S/C26H20BrN3O2/c1-3-29-23-13-12-17(27)14-19(23)20(25(29)31)15-24-28-21-10-6-5-9-18(21)26(32)30(24)22-11-7-4-8-16(22)2/h4-15H,3H2,1-2H3/b20-15-. The fraction of sp³-hybridized carbons (Fsp3) is 0.115. The molecule has 5 nitrogen and oxygen atoms in total. The number of anilines is 1. The van der Waals surface area contributed by atoms with Gasteiger partial charge in [-0.15, -0.1) is 0 Å². The summed E-state index contributed by atoms with van der Waals surface area (Å²) in [4.78, 5) is 33.4. The number of halogens is 1. The molecule has 6 heteroatoms. The monoisotopic (exact) mass is 485 g/mol. The van der Waals surface area contributed by atoms with E-state index in [1.54, 1.807) is 21.6 Å². The molecule has 0 radical (unpaired) electrons. The van der Waals surface area contributed by atoms with Crippen molar-refractivity contribution in [3.63, 3.8) is 0 Å². The van der Waals surface area contributed by atoms with Crippen molar-refractivity contribution >= 4 is 50.1 Å². The summed E-state index contributed by atoms with van der Waals surface area (Å²) in [7, 11) is 0. The van der Waals surface area contributed by atoms with Gasteiger partial charge in [-0.1, -0.05) is 46.3 Å². The number of rotatable bonds is 3. The average Bonchev–Trinajstić information content (AvgIpc) is 3.05. The number of benzene rings is 3. The van der Waals surface area contributed by atoms with E-state index >= 15 is 0 Å². The van der Waals surface area contributed by atoms with Crippen LogP contribution in [0.2, 0.25) is 0 Å². The Kier molecular flexibility index (Phi) is 5.02. The first-order chi connectivity index (χ1) is 15.5. The molecule has 1 aromatic heterocycles. The minimum Gasteiger partial charge on any atom is -0.308 e. The number of nitrogens with zero attached hydrogens (tertiary/aromatic N) is 3. The Hall–Kier alpha value is -3.51. The zero-order chi connectivity index (χ0) is 22.4. The summed E-state index contributed by atoms with van der Waals surface area (Å²) in [6.45, 7) is 4.46. The molecule has 0 aliphatic carbocycles. The van der Waals surface area contributed by atoms with E-state index in [4.69, 9.17) is 4.98 Å². The van der Waals surface area contributed by atoms with Crippen molar-refractivity contribution in [1.82, 2.24) is 9.55 Å². The minimum atomic E-state index is -0.163. The van der Waals surface area contributed by atoms with Crippen molar-refractivity contribution in [3.05, 3.63) is 98.5 Å². The van der Waals surface area contributed by atoms with Crippen LogP contribution >= 0.6 is 15.9 Å². The van der Waals surface area contributed by atoms with Gasteiger partial charge in [-0.25, -0.2) is 4.98 Å². The van der Waals surface area contributed by atoms with Gasteiger partial charge in [-0.2, -0.15) is 0 Å². The van der Waals surface area contributed by atoms with Crippen LogP contribution in [0.4, 0.5) is 5.69 Å². The van der Waals surface area contributed by atoms with Crippen molar-refractivity contribution < 1.29 is 4.79 Å². The molecule has 0 saturated heterocycles. The van der Waals surface area contributed by atoms with Gasteiger partial charge >= 0.3 is 0 Å². The van der Waals surface area contributed by atoms with Crippen LogP contribution in [-0.2, 0) is 4.79 Å². The number of para-hydroxylation sites is 2. The second kappa shape index (κ2) is 7.88. The number of fused-ring (bicyclic) bond motifs is 2. The molecule has 0 bridgehead atoms. The maximum absolute atomic E-state index is 13.6. The van der Waals surface area contributed by atoms with Crippen LogP contribution in [0.1, 0.15) is 23.9 Å². The van der Waals surface area contributed by atoms with Gasteiger partial charge < -0.3 is 4.90 Å². The molecule has 0 unspecified atom stereocenters. The first-order valence-corrected chi connectivity index (χ1v) is 11.2. The Morgan fingerprint density at radius 1 is 0.969 bits per heavy atom. The molecule has 1 aliphatic rings. The number of carbonyl (C=O) groups excluding carboxylic acids is 1. The predicted molar refractivity (Wildman–Crippen MR) is 132 cm³/mol. The van der Waals surface area contributed by atoms with Crippen molar-refractivity contribution in [1.29, 1.82) is 0 Å². The number of hydrogen-bond acceptors (Lipinski definition) is 3. The van der Waals surface area contributed by atoms with Crippen LogP contribution in [0.15, 0.2) is 76.0 Å². The Balaban J connectivity index is 1.84. The predicted octanol–water partition coefficient (Wildman–Crippen LogP) is 5.36. The van der Waals surface area contributed by atoms with Gasteiger partial charge in [0.2, 0.25) is 0 Å². The largest absolute Gasteiger partial charge is 0.308 e. The third-order valence-electron chi connectivity index (χ3n) is 5.76. The van der Waals surface area contributed by atoms with Gasteiger partial charge in [0.1, 0.15) is 5.82 Å². The molecule has 2 heterocycles. The lowest BCUT2D eigenvalue weighted by Gasteiger charge is -2.14. The molecule has 5 rings (SSSR count). The zero-order valence-electron chi connectivity index (χ0n) is 17.7. The van der Waals surface area contributed by atoms with Crippen LogP contribution < -0.4 is 10.5 Å². The van der Waals surface area contributed by atoms with Crippen LogP contribution in [0.5, 0.6) is 0 Å². The van der Waals surface area contributed by atoms with Crippen LogP contribution in [0, 0.1) is 6.92 Å². The average molecular weight is 486 g/mol. The van der Waals surface area contributed by atoms with Crippen molar-refractivity contribution in [3.8, 4) is 5.69 Å². The van der Waals surface area contributed by atoms with Crippen LogP contribution in [0.25, 0.3) is 28.2 Å². The molecule has 3 aromatic carbocycles. The Morgan fingerprint density at radius 3 is 2.50 bits per heavy atom. The summed E-state index contributed by atoms with van der Waals surface area (Å²) in [5.41, 5.74) is 4.33. The van der Waals surface area contributed by atoms with Gasteiger partial charge in [-0.3, -0.25) is 14.2 Å². The van der Waals surface area contributed by atoms with Crippen molar-refractivity contribution in [2.45, 2.75) is 13.8 Å². The number of aromatic nitrogens is 2. The molecule has 0 spiro atoms. The SMILES string of the molecule is CCN1C(=O)/C(=C\c2nc3ccccc3c(=O)n2-c2ccccc2C)c2cc(Br)ccc21. The Bertz CT molecular complexity index is 1490. The molecule has 32 heavy (non-hydrogen) atoms. The third-order valence-corrected chi connectivity index (χ3v) is 6.26. The molecule has 0 N–H and O–H groups in total. The van der Waals surface area contributed by atoms with E-state index in [9.17, 15) is 9.59 Å². The highest BCUT2D eigenvalue weighted by molar-refractivity contribution is 9.10. The fourth-order valence-electron chi connectivity index (χ4n) is 4.21. The van der Waals surface area contributed by atoms with Gasteiger partial charge in [0, 0.05) is 16.6 Å². The summed E-state index contributed by atoms with van der Waals surface area (Å²) in [5.74, 6) is 0.328. The number of amides is 1. The maximum Gasteiger partial charge on any atom is 0.266 e. The number of likely N-dealkylation sites (N-methyl/N-ethyl adjacent to an activating group) is 1. The van der Waals surface area contributed by atoms with E-state index in [-0.39, 0.29) is 11.5 Å². The lowest BCUT2D eigenvalue weighted by molar-refractivity contribution is -0.112. The van der Waals surface area contributed by atoms with E-state index < -0.39 is 0 Å². The van der Waals surface area contributed by atoms with Crippen molar-refractivity contribution in [2.24, 2.45) is 0 Å². The van der Waals surface area contributed by atoms with Gasteiger partial charge in [-0.05, 0) is 61.9 Å². The minimum absolute atomic E-state index is 0.0978. The summed E-state index contributed by atoms with van der Waals surface area (Å²) in [6, 6.07) is 20.8. The highest BCUT2D eigenvalue weighted by Gasteiger charge is 2.32. The van der Waals surface area contributed by atoms with Crippen LogP contribution in [0.3, 0.4) is 0 Å². The van der Waals surface area contributed by atoms with Crippen LogP contribution in [-0.4, -0.2) is 22.0 Å². The Labute approximate surface area is 193 Å². The van der Waals surface area contributed by atoms with Gasteiger partial charge in [0.25, 0.3) is 11.5 Å². The van der Waals surface area contributed by atoms with E-state index in [0.717, 1.165) is 27.0 Å². The number of carbonyl (C=O) groups is 1. The van der Waals surface area contributed by atoms with E-state index in [2.05, 4.69) is 15.9 Å². The normalized spacial score (nSPS) is 14.4. The highest BCUT2D eigenvalue weighted by Crippen LogP contribution is 2.39. The third kappa shape index (κ3) is 3.19. The van der Waals surface area contributed by atoms with E-state index in [1.807, 2.05) is 74.5 Å². The van der Waals surface area contributed by atoms with Gasteiger partial charge in [0.15, 0.2) is 0 Å². The number of hydrogen-bond donors (Lipinski definition) is 0.